The molecule has 0 aliphatic rings. The molecule has 0 atom stereocenters. The van der Waals surface area contributed by atoms with E-state index in [1.165, 1.54) is 12.1 Å². The Bertz CT molecular complexity index is 1770. The molecule has 2 heterocycles. The van der Waals surface area contributed by atoms with Crippen molar-refractivity contribution in [1.29, 1.82) is 0 Å². The van der Waals surface area contributed by atoms with Crippen LogP contribution in [-0.4, -0.2) is 46.3 Å². The van der Waals surface area contributed by atoms with E-state index in [9.17, 15) is 26.4 Å². The summed E-state index contributed by atoms with van der Waals surface area (Å²) in [6.07, 6.45) is -4.91. The number of carbonyl (C=O) groups is 1. The number of nitrogens with zero attached hydrogens (tertiary/aromatic N) is 3. The van der Waals surface area contributed by atoms with Gasteiger partial charge in [0.05, 0.1) is 21.8 Å². The highest BCUT2D eigenvalue weighted by Crippen LogP contribution is 2.30. The van der Waals surface area contributed by atoms with Gasteiger partial charge in [-0.2, -0.15) is 0 Å². The molecule has 0 radical (unpaired) electrons. The van der Waals surface area contributed by atoms with E-state index in [0.29, 0.717) is 27.2 Å². The van der Waals surface area contributed by atoms with Gasteiger partial charge in [-0.25, -0.2) is 13.5 Å². The molecular formula is C23H15ClF3N7O4S. The summed E-state index contributed by atoms with van der Waals surface area (Å²) >= 11 is 6.08. The van der Waals surface area contributed by atoms with Crippen LogP contribution in [0.15, 0.2) is 71.6 Å². The Morgan fingerprint density at radius 2 is 1.77 bits per heavy atom. The van der Waals surface area contributed by atoms with Crippen molar-refractivity contribution in [2.45, 2.75) is 11.3 Å². The van der Waals surface area contributed by atoms with Crippen molar-refractivity contribution in [1.82, 2.24) is 25.6 Å². The number of aromatic amines is 2. The maximum absolute atomic E-state index is 13.1. The fourth-order valence-corrected chi connectivity index (χ4v) is 4.92. The van der Waals surface area contributed by atoms with Gasteiger partial charge in [0.15, 0.2) is 5.82 Å². The van der Waals surface area contributed by atoms with Crippen LogP contribution in [0.2, 0.25) is 5.02 Å². The number of hydrogen-bond acceptors (Lipinski definition) is 7. The predicted octanol–water partition coefficient (Wildman–Crippen LogP) is 4.95. The third-order valence-corrected chi connectivity index (χ3v) is 6.96. The number of para-hydroxylation sites is 1. The van der Waals surface area contributed by atoms with Gasteiger partial charge in [-0.05, 0) is 65.0 Å². The molecule has 16 heteroatoms. The largest absolute Gasteiger partial charge is 0.573 e. The van der Waals surface area contributed by atoms with Gasteiger partial charge in [0.25, 0.3) is 15.9 Å². The molecule has 3 aromatic carbocycles. The molecule has 4 N–H and O–H groups in total. The highest BCUT2D eigenvalue weighted by Gasteiger charge is 2.31. The Balaban J connectivity index is 1.39. The number of carbonyl (C=O) groups excluding carboxylic acids is 1. The summed E-state index contributed by atoms with van der Waals surface area (Å²) in [5.41, 5.74) is 1.33. The number of H-pyrrole nitrogens is 2. The third kappa shape index (κ3) is 5.78. The number of rotatable bonds is 7. The van der Waals surface area contributed by atoms with E-state index in [0.717, 1.165) is 24.3 Å². The summed E-state index contributed by atoms with van der Waals surface area (Å²) in [4.78, 5) is 15.7. The standard InChI is InChI=1S/C23H15ClF3N7O4S/c24-13-4-9-17(16(11-13)21-30-33-34-31-21)29-22(35)19-10-12-2-1-3-18(20(12)28-19)32-39(36,37)15-7-5-14(6-8-15)38-23(25,26)27/h1-11,28,32H,(H,29,35)(H,30,31,33,34). The molecule has 5 aromatic rings. The van der Waals surface area contributed by atoms with Crippen LogP contribution in [0.25, 0.3) is 22.3 Å². The molecule has 0 saturated carbocycles. The number of halogens is 4. The minimum Gasteiger partial charge on any atom is -0.406 e. The predicted molar refractivity (Wildman–Crippen MR) is 135 cm³/mol. The highest BCUT2D eigenvalue weighted by molar-refractivity contribution is 7.92. The first-order valence-electron chi connectivity index (χ1n) is 10.8. The summed E-state index contributed by atoms with van der Waals surface area (Å²) in [5.74, 6) is -0.831. The first-order valence-corrected chi connectivity index (χ1v) is 12.7. The number of aromatic nitrogens is 5. The van der Waals surface area contributed by atoms with Gasteiger partial charge >= 0.3 is 6.36 Å². The van der Waals surface area contributed by atoms with Gasteiger partial charge in [-0.1, -0.05) is 23.7 Å². The Hall–Kier alpha value is -4.63. The van der Waals surface area contributed by atoms with E-state index < -0.39 is 28.0 Å². The molecule has 0 bridgehead atoms. The lowest BCUT2D eigenvalue weighted by atomic mass is 10.1. The van der Waals surface area contributed by atoms with Crippen LogP contribution >= 0.6 is 11.6 Å². The number of ether oxygens (including phenoxy) is 1. The fourth-order valence-electron chi connectivity index (χ4n) is 3.67. The molecule has 0 aliphatic heterocycles. The zero-order chi connectivity index (χ0) is 27.8. The summed E-state index contributed by atoms with van der Waals surface area (Å²) < 4.78 is 69.1. The van der Waals surface area contributed by atoms with Crippen molar-refractivity contribution in [3.8, 4) is 17.1 Å². The fraction of sp³-hybridized carbons (Fsp3) is 0.0435. The van der Waals surface area contributed by atoms with Crippen molar-refractivity contribution >= 4 is 49.8 Å². The molecule has 39 heavy (non-hydrogen) atoms. The lowest BCUT2D eigenvalue weighted by Crippen LogP contribution is -2.17. The topological polar surface area (TPSA) is 155 Å². The van der Waals surface area contributed by atoms with Crippen LogP contribution in [0.4, 0.5) is 24.5 Å². The SMILES string of the molecule is O=C(Nc1ccc(Cl)cc1-c1nnn[nH]1)c1cc2cccc(NS(=O)(=O)c3ccc(OC(F)(F)F)cc3)c2[nH]1. The second-order valence-corrected chi connectivity index (χ2v) is 10.1. The van der Waals surface area contributed by atoms with Gasteiger partial charge in [0.2, 0.25) is 0 Å². The number of sulfonamides is 1. The Kier molecular flexibility index (Phi) is 6.61. The van der Waals surface area contributed by atoms with Gasteiger partial charge in [0.1, 0.15) is 11.4 Å². The number of hydrogen-bond donors (Lipinski definition) is 4. The molecule has 0 unspecified atom stereocenters. The summed E-state index contributed by atoms with van der Waals surface area (Å²) in [5, 5.41) is 17.1. The lowest BCUT2D eigenvalue weighted by Gasteiger charge is -2.11. The molecule has 2 aromatic heterocycles. The van der Waals surface area contributed by atoms with Crippen LogP contribution < -0.4 is 14.8 Å². The highest BCUT2D eigenvalue weighted by atomic mass is 35.5. The second kappa shape index (κ2) is 9.92. The maximum atomic E-state index is 13.1. The van der Waals surface area contributed by atoms with Crippen molar-refractivity contribution in [3.05, 3.63) is 77.4 Å². The molecule has 11 nitrogen and oxygen atoms in total. The first kappa shape index (κ1) is 26.0. The van der Waals surface area contributed by atoms with Crippen LogP contribution in [0.1, 0.15) is 10.5 Å². The van der Waals surface area contributed by atoms with Crippen LogP contribution in [-0.2, 0) is 10.0 Å². The maximum Gasteiger partial charge on any atom is 0.573 e. The Morgan fingerprint density at radius 3 is 2.46 bits per heavy atom. The second-order valence-electron chi connectivity index (χ2n) is 7.97. The number of tetrazole rings is 1. The van der Waals surface area contributed by atoms with Gasteiger partial charge < -0.3 is 15.0 Å². The smallest absolute Gasteiger partial charge is 0.406 e. The summed E-state index contributed by atoms with van der Waals surface area (Å²) in [7, 11) is -4.20. The van der Waals surface area contributed by atoms with Crippen LogP contribution in [0.5, 0.6) is 5.75 Å². The molecule has 0 fully saturated rings. The average molecular weight is 578 g/mol. The monoisotopic (exact) mass is 577 g/mol. The minimum atomic E-state index is -4.91. The van der Waals surface area contributed by atoms with E-state index in [1.807, 2.05) is 0 Å². The number of nitrogens with one attached hydrogen (secondary N) is 4. The summed E-state index contributed by atoms with van der Waals surface area (Å²) in [6, 6.07) is 14.7. The van der Waals surface area contributed by atoms with E-state index in [-0.39, 0.29) is 22.1 Å². The van der Waals surface area contributed by atoms with E-state index >= 15 is 0 Å². The molecule has 200 valence electrons. The van der Waals surface area contributed by atoms with Crippen LogP contribution in [0.3, 0.4) is 0 Å². The molecular weight excluding hydrogens is 563 g/mol. The number of anilines is 2. The van der Waals surface area contributed by atoms with Crippen molar-refractivity contribution < 1.29 is 31.1 Å². The summed E-state index contributed by atoms with van der Waals surface area (Å²) in [6.45, 7) is 0. The van der Waals surface area contributed by atoms with Crippen molar-refractivity contribution in [2.75, 3.05) is 10.0 Å². The normalized spacial score (nSPS) is 11.9. The molecule has 0 saturated heterocycles. The van der Waals surface area contributed by atoms with Gasteiger partial charge in [-0.3, -0.25) is 9.52 Å². The number of amides is 1. The Labute approximate surface area is 222 Å². The number of alkyl halides is 3. The minimum absolute atomic E-state index is 0.113. The molecule has 1 amide bonds. The molecule has 0 spiro atoms. The van der Waals surface area contributed by atoms with E-state index in [1.54, 1.807) is 30.3 Å². The van der Waals surface area contributed by atoms with Gasteiger partial charge in [0, 0.05) is 16.0 Å². The zero-order valence-electron chi connectivity index (χ0n) is 19.2. The zero-order valence-corrected chi connectivity index (χ0v) is 20.8. The van der Waals surface area contributed by atoms with Crippen molar-refractivity contribution in [2.24, 2.45) is 0 Å². The van der Waals surface area contributed by atoms with E-state index in [2.05, 4.69) is 40.4 Å². The quantitative estimate of drug-likeness (QED) is 0.213. The lowest BCUT2D eigenvalue weighted by molar-refractivity contribution is -0.274. The first-order chi connectivity index (χ1) is 18.5. The van der Waals surface area contributed by atoms with Gasteiger partial charge in [-0.15, -0.1) is 18.3 Å². The van der Waals surface area contributed by atoms with Crippen molar-refractivity contribution in [3.63, 3.8) is 0 Å². The number of fused-ring (bicyclic) bond motifs is 1. The molecule has 5 rings (SSSR count). The third-order valence-electron chi connectivity index (χ3n) is 5.34. The van der Waals surface area contributed by atoms with Crippen LogP contribution in [0, 0.1) is 0 Å². The number of benzene rings is 3. The molecule has 0 aliphatic carbocycles. The average Bonchev–Trinajstić information content (AvgIpc) is 3.55. The van der Waals surface area contributed by atoms with E-state index in [4.69, 9.17) is 11.6 Å². The Morgan fingerprint density at radius 1 is 1.00 bits per heavy atom.